The van der Waals surface area contributed by atoms with Crippen LogP contribution in [0.25, 0.3) is 10.9 Å². The standard InChI is InChI=1S/C20H17ClN2O/c1-12-9-15-5-3-4-6-19(15)23(12)20(24)17-10-14-7-8-16(21)11-18(14)22-13(17)2/h3-8,10-12H,9H2,1-2H3/t12-/m1/s1. The molecule has 4 rings (SSSR count). The SMILES string of the molecule is Cc1nc2cc(Cl)ccc2cc1C(=O)N1c2ccccc2C[C@H]1C. The van der Waals surface area contributed by atoms with Crippen molar-refractivity contribution in [3.63, 3.8) is 0 Å². The highest BCUT2D eigenvalue weighted by Crippen LogP contribution is 2.33. The largest absolute Gasteiger partial charge is 0.305 e. The molecule has 0 fully saturated rings. The molecule has 0 radical (unpaired) electrons. The first kappa shape index (κ1) is 15.2. The maximum absolute atomic E-state index is 13.2. The van der Waals surface area contributed by atoms with Gasteiger partial charge in [0.25, 0.3) is 5.91 Å². The van der Waals surface area contributed by atoms with E-state index in [1.807, 2.05) is 54.3 Å². The van der Waals surface area contributed by atoms with Crippen molar-refractivity contribution >= 4 is 34.1 Å². The molecular weight excluding hydrogens is 320 g/mol. The van der Waals surface area contributed by atoms with E-state index in [2.05, 4.69) is 18.0 Å². The van der Waals surface area contributed by atoms with Crippen molar-refractivity contribution in [3.05, 3.63) is 70.4 Å². The van der Waals surface area contributed by atoms with E-state index in [0.29, 0.717) is 10.6 Å². The van der Waals surface area contributed by atoms with Gasteiger partial charge in [-0.1, -0.05) is 35.9 Å². The highest BCUT2D eigenvalue weighted by molar-refractivity contribution is 6.31. The molecule has 3 aromatic rings. The minimum Gasteiger partial charge on any atom is -0.305 e. The molecule has 0 bridgehead atoms. The highest BCUT2D eigenvalue weighted by Gasteiger charge is 2.32. The van der Waals surface area contributed by atoms with E-state index >= 15 is 0 Å². The zero-order valence-corrected chi connectivity index (χ0v) is 14.3. The minimum absolute atomic E-state index is 0.00861. The molecule has 0 unspecified atom stereocenters. The molecule has 0 spiro atoms. The number of hydrogen-bond donors (Lipinski definition) is 0. The highest BCUT2D eigenvalue weighted by atomic mass is 35.5. The van der Waals surface area contributed by atoms with Gasteiger partial charge in [0.05, 0.1) is 16.8 Å². The Kier molecular flexibility index (Phi) is 3.54. The van der Waals surface area contributed by atoms with Crippen molar-refractivity contribution in [2.24, 2.45) is 0 Å². The van der Waals surface area contributed by atoms with Gasteiger partial charge in [0.2, 0.25) is 0 Å². The first-order chi connectivity index (χ1) is 11.5. The number of carbonyl (C=O) groups is 1. The summed E-state index contributed by atoms with van der Waals surface area (Å²) in [6, 6.07) is 15.7. The van der Waals surface area contributed by atoms with Gasteiger partial charge in [-0.2, -0.15) is 0 Å². The Balaban J connectivity index is 1.81. The summed E-state index contributed by atoms with van der Waals surface area (Å²) in [6.07, 6.45) is 0.886. The van der Waals surface area contributed by atoms with Crippen LogP contribution in [0.4, 0.5) is 5.69 Å². The van der Waals surface area contributed by atoms with Crippen molar-refractivity contribution in [2.45, 2.75) is 26.3 Å². The molecule has 1 aromatic heterocycles. The van der Waals surface area contributed by atoms with Crippen LogP contribution >= 0.6 is 11.6 Å². The topological polar surface area (TPSA) is 33.2 Å². The van der Waals surface area contributed by atoms with E-state index in [4.69, 9.17) is 11.6 Å². The molecule has 1 amide bonds. The summed E-state index contributed by atoms with van der Waals surface area (Å²) < 4.78 is 0. The van der Waals surface area contributed by atoms with Crippen molar-refractivity contribution in [1.82, 2.24) is 4.98 Å². The Morgan fingerprint density at radius 3 is 2.83 bits per heavy atom. The fourth-order valence-corrected chi connectivity index (χ4v) is 3.62. The van der Waals surface area contributed by atoms with E-state index in [0.717, 1.165) is 28.7 Å². The second-order valence-electron chi connectivity index (χ2n) is 6.32. The van der Waals surface area contributed by atoms with Gasteiger partial charge in [0.15, 0.2) is 0 Å². The number of para-hydroxylation sites is 1. The summed E-state index contributed by atoms with van der Waals surface area (Å²) in [5.74, 6) is 0.00861. The lowest BCUT2D eigenvalue weighted by Crippen LogP contribution is -2.36. The van der Waals surface area contributed by atoms with Gasteiger partial charge < -0.3 is 4.90 Å². The molecule has 4 heteroatoms. The van der Waals surface area contributed by atoms with Crippen molar-refractivity contribution < 1.29 is 4.79 Å². The molecule has 2 heterocycles. The molecule has 0 N–H and O–H groups in total. The number of rotatable bonds is 1. The predicted octanol–water partition coefficient (Wildman–Crippen LogP) is 4.79. The lowest BCUT2D eigenvalue weighted by molar-refractivity contribution is 0.0980. The number of pyridine rings is 1. The second kappa shape index (κ2) is 5.60. The van der Waals surface area contributed by atoms with Crippen LogP contribution in [-0.4, -0.2) is 16.9 Å². The molecule has 0 aliphatic carbocycles. The fourth-order valence-electron chi connectivity index (χ4n) is 3.46. The van der Waals surface area contributed by atoms with Crippen LogP contribution in [0.2, 0.25) is 5.02 Å². The van der Waals surface area contributed by atoms with Crippen LogP contribution in [0.5, 0.6) is 0 Å². The van der Waals surface area contributed by atoms with E-state index in [9.17, 15) is 4.79 Å². The summed E-state index contributed by atoms with van der Waals surface area (Å²) in [5.41, 5.74) is 4.41. The summed E-state index contributed by atoms with van der Waals surface area (Å²) in [6.45, 7) is 3.96. The molecule has 0 saturated heterocycles. The van der Waals surface area contributed by atoms with E-state index in [1.54, 1.807) is 0 Å². The van der Waals surface area contributed by atoms with Crippen LogP contribution in [0.15, 0.2) is 48.5 Å². The molecular formula is C20H17ClN2O. The number of aromatic nitrogens is 1. The van der Waals surface area contributed by atoms with Crippen LogP contribution in [0.3, 0.4) is 0 Å². The third kappa shape index (κ3) is 2.36. The number of hydrogen-bond acceptors (Lipinski definition) is 2. The maximum atomic E-state index is 13.2. The number of halogens is 1. The lowest BCUT2D eigenvalue weighted by atomic mass is 10.1. The number of benzene rings is 2. The number of anilines is 1. The van der Waals surface area contributed by atoms with Gasteiger partial charge in [-0.3, -0.25) is 9.78 Å². The second-order valence-corrected chi connectivity index (χ2v) is 6.75. The molecule has 3 nitrogen and oxygen atoms in total. The molecule has 1 aliphatic rings. The molecule has 2 aromatic carbocycles. The smallest absolute Gasteiger partial charge is 0.260 e. The molecule has 0 saturated carbocycles. The monoisotopic (exact) mass is 336 g/mol. The van der Waals surface area contributed by atoms with Crippen LogP contribution in [0, 0.1) is 6.92 Å². The molecule has 1 atom stereocenters. The van der Waals surface area contributed by atoms with Gasteiger partial charge in [-0.25, -0.2) is 0 Å². The number of nitrogens with zero attached hydrogens (tertiary/aromatic N) is 2. The molecule has 1 aliphatic heterocycles. The van der Waals surface area contributed by atoms with E-state index in [1.165, 1.54) is 5.56 Å². The summed E-state index contributed by atoms with van der Waals surface area (Å²) >= 11 is 6.04. The average molecular weight is 337 g/mol. The lowest BCUT2D eigenvalue weighted by Gasteiger charge is -2.23. The number of amides is 1. The Labute approximate surface area is 145 Å². The number of fused-ring (bicyclic) bond motifs is 2. The van der Waals surface area contributed by atoms with Crippen molar-refractivity contribution in [2.75, 3.05) is 4.90 Å². The van der Waals surface area contributed by atoms with Crippen LogP contribution < -0.4 is 4.90 Å². The Bertz CT molecular complexity index is 967. The van der Waals surface area contributed by atoms with Gasteiger partial charge in [0.1, 0.15) is 0 Å². The van der Waals surface area contributed by atoms with Gasteiger partial charge in [0, 0.05) is 22.1 Å². The van der Waals surface area contributed by atoms with Crippen molar-refractivity contribution in [3.8, 4) is 0 Å². The zero-order chi connectivity index (χ0) is 16.8. The van der Waals surface area contributed by atoms with Crippen molar-refractivity contribution in [1.29, 1.82) is 0 Å². The molecule has 24 heavy (non-hydrogen) atoms. The quantitative estimate of drug-likeness (QED) is 0.640. The summed E-state index contributed by atoms with van der Waals surface area (Å²) in [5, 5.41) is 1.57. The third-order valence-corrected chi connectivity index (χ3v) is 4.86. The first-order valence-corrected chi connectivity index (χ1v) is 8.41. The van der Waals surface area contributed by atoms with Gasteiger partial charge in [-0.05, 0) is 50.1 Å². The fraction of sp³-hybridized carbons (Fsp3) is 0.200. The minimum atomic E-state index is 0.00861. The normalized spacial score (nSPS) is 16.5. The first-order valence-electron chi connectivity index (χ1n) is 8.03. The predicted molar refractivity (Wildman–Crippen MR) is 97.9 cm³/mol. The Morgan fingerprint density at radius 1 is 1.21 bits per heavy atom. The zero-order valence-electron chi connectivity index (χ0n) is 13.6. The Hall–Kier alpha value is -2.39. The number of aryl methyl sites for hydroxylation is 1. The van der Waals surface area contributed by atoms with Crippen LogP contribution in [-0.2, 0) is 6.42 Å². The Morgan fingerprint density at radius 2 is 2.00 bits per heavy atom. The van der Waals surface area contributed by atoms with Gasteiger partial charge >= 0.3 is 0 Å². The molecule has 120 valence electrons. The average Bonchev–Trinajstić information content (AvgIpc) is 2.89. The van der Waals surface area contributed by atoms with E-state index < -0.39 is 0 Å². The van der Waals surface area contributed by atoms with Crippen LogP contribution in [0.1, 0.15) is 28.5 Å². The van der Waals surface area contributed by atoms with Gasteiger partial charge in [-0.15, -0.1) is 0 Å². The third-order valence-electron chi connectivity index (χ3n) is 4.63. The number of carbonyl (C=O) groups excluding carboxylic acids is 1. The maximum Gasteiger partial charge on any atom is 0.260 e. The summed E-state index contributed by atoms with van der Waals surface area (Å²) in [7, 11) is 0. The van der Waals surface area contributed by atoms with E-state index in [-0.39, 0.29) is 11.9 Å². The summed E-state index contributed by atoms with van der Waals surface area (Å²) in [4.78, 5) is 19.7.